The van der Waals surface area contributed by atoms with Gasteiger partial charge >= 0.3 is 5.63 Å². The lowest BCUT2D eigenvalue weighted by molar-refractivity contribution is -0.117. The van der Waals surface area contributed by atoms with Crippen molar-refractivity contribution in [2.45, 2.75) is 23.5 Å². The molecule has 3 aromatic rings. The van der Waals surface area contributed by atoms with Gasteiger partial charge in [-0.1, -0.05) is 48.5 Å². The number of hydrogen-bond donors (Lipinski definition) is 0. The number of hydrogen-bond acceptors (Lipinski definition) is 4. The summed E-state index contributed by atoms with van der Waals surface area (Å²) < 4.78 is 5.23. The second kappa shape index (κ2) is 6.84. The molecule has 0 fully saturated rings. The summed E-state index contributed by atoms with van der Waals surface area (Å²) in [5.41, 5.74) is 1.27. The van der Waals surface area contributed by atoms with Gasteiger partial charge in [-0.15, -0.1) is 11.8 Å². The standard InChI is InChI=1S/C19H16O3S/c1-13(20)11-17(14-7-3-2-4-8-14)23-18-12-19(21)22-16-10-6-5-9-15(16)18/h2-10,12,17H,11H2,1H3. The van der Waals surface area contributed by atoms with Crippen LogP contribution in [0.25, 0.3) is 11.0 Å². The van der Waals surface area contributed by atoms with Crippen LogP contribution >= 0.6 is 11.8 Å². The van der Waals surface area contributed by atoms with E-state index in [1.54, 1.807) is 13.0 Å². The van der Waals surface area contributed by atoms with E-state index in [0.717, 1.165) is 15.8 Å². The van der Waals surface area contributed by atoms with Crippen LogP contribution in [0.1, 0.15) is 24.2 Å². The van der Waals surface area contributed by atoms with E-state index >= 15 is 0 Å². The molecule has 0 aliphatic heterocycles. The number of carbonyl (C=O) groups is 1. The van der Waals surface area contributed by atoms with Gasteiger partial charge in [0.05, 0.1) is 0 Å². The summed E-state index contributed by atoms with van der Waals surface area (Å²) in [4.78, 5) is 24.3. The monoisotopic (exact) mass is 324 g/mol. The molecule has 0 saturated heterocycles. The van der Waals surface area contributed by atoms with Crippen molar-refractivity contribution in [2.24, 2.45) is 0 Å². The molecule has 0 aliphatic carbocycles. The van der Waals surface area contributed by atoms with E-state index in [0.29, 0.717) is 12.0 Å². The second-order valence-electron chi connectivity index (χ2n) is 5.35. The molecular formula is C19H16O3S. The van der Waals surface area contributed by atoms with Crippen LogP contribution in [0.4, 0.5) is 0 Å². The average molecular weight is 324 g/mol. The lowest BCUT2D eigenvalue weighted by Crippen LogP contribution is -2.03. The number of carbonyl (C=O) groups excluding carboxylic acids is 1. The van der Waals surface area contributed by atoms with Crippen molar-refractivity contribution in [3.8, 4) is 0 Å². The zero-order chi connectivity index (χ0) is 16.2. The molecule has 4 heteroatoms. The van der Waals surface area contributed by atoms with Crippen LogP contribution < -0.4 is 5.63 Å². The van der Waals surface area contributed by atoms with Crippen LogP contribution in [0.2, 0.25) is 0 Å². The number of thioether (sulfide) groups is 1. The van der Waals surface area contributed by atoms with Crippen molar-refractivity contribution >= 4 is 28.5 Å². The third-order valence-corrected chi connectivity index (χ3v) is 4.84. The number of fused-ring (bicyclic) bond motifs is 1. The lowest BCUT2D eigenvalue weighted by Gasteiger charge is -2.16. The van der Waals surface area contributed by atoms with Crippen molar-refractivity contribution in [3.63, 3.8) is 0 Å². The number of rotatable bonds is 5. The Morgan fingerprint density at radius 2 is 1.78 bits per heavy atom. The molecule has 3 nitrogen and oxygen atoms in total. The summed E-state index contributed by atoms with van der Waals surface area (Å²) in [5, 5.41) is 0.862. The minimum absolute atomic E-state index is 0.0288. The summed E-state index contributed by atoms with van der Waals surface area (Å²) in [6, 6.07) is 18.8. The molecule has 0 bridgehead atoms. The largest absolute Gasteiger partial charge is 0.423 e. The fourth-order valence-electron chi connectivity index (χ4n) is 2.49. The summed E-state index contributed by atoms with van der Waals surface area (Å²) in [7, 11) is 0. The van der Waals surface area contributed by atoms with Crippen LogP contribution in [-0.2, 0) is 4.79 Å². The first kappa shape index (κ1) is 15.6. The molecule has 0 amide bonds. The van der Waals surface area contributed by atoms with Crippen molar-refractivity contribution < 1.29 is 9.21 Å². The molecule has 1 unspecified atom stereocenters. The number of Topliss-reactive ketones (excluding diaryl/α,β-unsaturated/α-hetero) is 1. The maximum atomic E-state index is 11.8. The first-order valence-corrected chi connectivity index (χ1v) is 8.25. The Balaban J connectivity index is 2.03. The van der Waals surface area contributed by atoms with Crippen LogP contribution in [-0.4, -0.2) is 5.78 Å². The third-order valence-electron chi connectivity index (χ3n) is 3.53. The summed E-state index contributed by atoms with van der Waals surface area (Å²) in [6.07, 6.45) is 0.420. The molecule has 1 aromatic heterocycles. The zero-order valence-electron chi connectivity index (χ0n) is 12.7. The van der Waals surface area contributed by atoms with E-state index in [-0.39, 0.29) is 16.7 Å². The second-order valence-corrected chi connectivity index (χ2v) is 6.59. The number of ketones is 1. The van der Waals surface area contributed by atoms with Gasteiger partial charge in [0.25, 0.3) is 0 Å². The maximum Gasteiger partial charge on any atom is 0.337 e. The predicted molar refractivity (Wildman–Crippen MR) is 92.8 cm³/mol. The van der Waals surface area contributed by atoms with E-state index in [2.05, 4.69) is 0 Å². The molecule has 0 spiro atoms. The highest BCUT2D eigenvalue weighted by Crippen LogP contribution is 2.40. The van der Waals surface area contributed by atoms with Crippen LogP contribution in [0, 0.1) is 0 Å². The molecule has 2 aromatic carbocycles. The highest BCUT2D eigenvalue weighted by atomic mass is 32.2. The zero-order valence-corrected chi connectivity index (χ0v) is 13.5. The average Bonchev–Trinajstić information content (AvgIpc) is 2.54. The normalized spacial score (nSPS) is 12.2. The van der Waals surface area contributed by atoms with E-state index < -0.39 is 0 Å². The Kier molecular flexibility index (Phi) is 4.63. The first-order chi connectivity index (χ1) is 11.1. The molecule has 23 heavy (non-hydrogen) atoms. The first-order valence-electron chi connectivity index (χ1n) is 7.37. The third kappa shape index (κ3) is 3.71. The van der Waals surface area contributed by atoms with Crippen molar-refractivity contribution in [3.05, 3.63) is 76.6 Å². The van der Waals surface area contributed by atoms with E-state index in [9.17, 15) is 9.59 Å². The molecule has 116 valence electrons. The molecule has 1 atom stereocenters. The molecule has 0 saturated carbocycles. The fourth-order valence-corrected chi connectivity index (χ4v) is 3.87. The van der Waals surface area contributed by atoms with Gasteiger partial charge in [-0.25, -0.2) is 4.79 Å². The Labute approximate surface area is 138 Å². The number of benzene rings is 2. The SMILES string of the molecule is CC(=O)CC(Sc1cc(=O)oc2ccccc12)c1ccccc1. The highest BCUT2D eigenvalue weighted by Gasteiger charge is 2.17. The molecule has 1 heterocycles. The Bertz CT molecular complexity index is 884. The maximum absolute atomic E-state index is 11.8. The topological polar surface area (TPSA) is 47.3 Å². The van der Waals surface area contributed by atoms with Gasteiger partial charge in [-0.3, -0.25) is 4.79 Å². The summed E-state index contributed by atoms with van der Waals surface area (Å²) in [6.45, 7) is 1.59. The minimum Gasteiger partial charge on any atom is -0.423 e. The molecule has 0 N–H and O–H groups in total. The Morgan fingerprint density at radius 3 is 2.52 bits per heavy atom. The van der Waals surface area contributed by atoms with Crippen LogP contribution in [0.5, 0.6) is 0 Å². The van der Waals surface area contributed by atoms with E-state index in [4.69, 9.17) is 4.42 Å². The molecule has 0 aliphatic rings. The highest BCUT2D eigenvalue weighted by molar-refractivity contribution is 7.99. The van der Waals surface area contributed by atoms with E-state index in [1.165, 1.54) is 17.8 Å². The van der Waals surface area contributed by atoms with Gasteiger partial charge in [0.1, 0.15) is 11.4 Å². The van der Waals surface area contributed by atoms with Crippen LogP contribution in [0.3, 0.4) is 0 Å². The molecule has 3 rings (SSSR count). The smallest absolute Gasteiger partial charge is 0.337 e. The van der Waals surface area contributed by atoms with Gasteiger partial charge < -0.3 is 4.42 Å². The van der Waals surface area contributed by atoms with Gasteiger partial charge in [0.15, 0.2) is 0 Å². The van der Waals surface area contributed by atoms with Crippen molar-refractivity contribution in [2.75, 3.05) is 0 Å². The van der Waals surface area contributed by atoms with Crippen LogP contribution in [0.15, 0.2) is 74.8 Å². The molecule has 0 radical (unpaired) electrons. The van der Waals surface area contributed by atoms with Gasteiger partial charge in [-0.2, -0.15) is 0 Å². The van der Waals surface area contributed by atoms with Gasteiger partial charge in [0.2, 0.25) is 0 Å². The number of para-hydroxylation sites is 1. The predicted octanol–water partition coefficient (Wildman–Crippen LogP) is 4.61. The van der Waals surface area contributed by atoms with Crippen molar-refractivity contribution in [1.82, 2.24) is 0 Å². The Morgan fingerprint density at radius 1 is 1.09 bits per heavy atom. The summed E-state index contributed by atoms with van der Waals surface area (Å²) in [5.74, 6) is 0.124. The Hall–Kier alpha value is -2.33. The van der Waals surface area contributed by atoms with Gasteiger partial charge in [-0.05, 0) is 18.6 Å². The van der Waals surface area contributed by atoms with Gasteiger partial charge in [0, 0.05) is 28.0 Å². The van der Waals surface area contributed by atoms with Crippen molar-refractivity contribution in [1.29, 1.82) is 0 Å². The summed E-state index contributed by atoms with van der Waals surface area (Å²) >= 11 is 1.53. The lowest BCUT2D eigenvalue weighted by atomic mass is 10.1. The fraction of sp³-hybridized carbons (Fsp3) is 0.158. The quantitative estimate of drug-likeness (QED) is 0.508. The molecular weight excluding hydrogens is 308 g/mol. The minimum atomic E-state index is -0.374. The van der Waals surface area contributed by atoms with E-state index in [1.807, 2.05) is 48.5 Å².